The molecule has 4 heterocycles. The zero-order valence-corrected chi connectivity index (χ0v) is 22.4. The van der Waals surface area contributed by atoms with E-state index in [1.54, 1.807) is 12.3 Å². The molecule has 0 spiro atoms. The Hall–Kier alpha value is -4.00. The third-order valence-corrected chi connectivity index (χ3v) is 7.75. The van der Waals surface area contributed by atoms with E-state index in [-0.39, 0.29) is 5.82 Å². The monoisotopic (exact) mass is 508 g/mol. The lowest BCUT2D eigenvalue weighted by Gasteiger charge is -2.27. The number of para-hydroxylation sites is 1. The van der Waals surface area contributed by atoms with Crippen molar-refractivity contribution in [2.75, 3.05) is 11.4 Å². The number of aromatic amines is 1. The second kappa shape index (κ2) is 9.71. The lowest BCUT2D eigenvalue weighted by Crippen LogP contribution is -2.31. The van der Waals surface area contributed by atoms with E-state index in [2.05, 4.69) is 60.5 Å². The van der Waals surface area contributed by atoms with E-state index in [9.17, 15) is 4.39 Å². The van der Waals surface area contributed by atoms with Gasteiger partial charge in [-0.25, -0.2) is 19.0 Å². The van der Waals surface area contributed by atoms with E-state index in [0.717, 1.165) is 70.9 Å². The summed E-state index contributed by atoms with van der Waals surface area (Å²) in [4.78, 5) is 14.7. The predicted octanol–water partition coefficient (Wildman–Crippen LogP) is 6.76. The van der Waals surface area contributed by atoms with Crippen LogP contribution in [0.15, 0.2) is 55.0 Å². The minimum atomic E-state index is -0.253. The molecule has 7 heteroatoms. The van der Waals surface area contributed by atoms with E-state index >= 15 is 0 Å². The van der Waals surface area contributed by atoms with Crippen LogP contribution >= 0.6 is 0 Å². The summed E-state index contributed by atoms with van der Waals surface area (Å²) in [5.74, 6) is 0.862. The minimum absolute atomic E-state index is 0.253. The number of aromatic nitrogens is 5. The Morgan fingerprint density at radius 1 is 1.00 bits per heavy atom. The number of aryl methyl sites for hydroxylation is 2. The quantitative estimate of drug-likeness (QED) is 0.275. The number of hydrogen-bond donors (Lipinski definition) is 1. The molecule has 0 bridgehead atoms. The lowest BCUT2D eigenvalue weighted by atomic mass is 9.97. The van der Waals surface area contributed by atoms with Gasteiger partial charge >= 0.3 is 0 Å². The maximum absolute atomic E-state index is 14.7. The Labute approximate surface area is 222 Å². The van der Waals surface area contributed by atoms with Gasteiger partial charge in [0.1, 0.15) is 5.82 Å². The zero-order chi connectivity index (χ0) is 26.4. The summed E-state index contributed by atoms with van der Waals surface area (Å²) >= 11 is 0. The third kappa shape index (κ3) is 3.97. The molecule has 0 fully saturated rings. The number of nitrogens with one attached hydrogen (secondary N) is 1. The smallest absolute Gasteiger partial charge is 0.225 e. The maximum Gasteiger partial charge on any atom is 0.225 e. The molecule has 1 aliphatic heterocycles. The molecule has 6 nitrogen and oxygen atoms in total. The second-order valence-corrected chi connectivity index (χ2v) is 10.3. The van der Waals surface area contributed by atoms with Crippen LogP contribution in [0.25, 0.3) is 27.8 Å². The zero-order valence-electron chi connectivity index (χ0n) is 22.4. The van der Waals surface area contributed by atoms with Gasteiger partial charge in [-0.3, -0.25) is 0 Å². The number of halogens is 1. The van der Waals surface area contributed by atoms with Crippen LogP contribution in [-0.2, 0) is 25.8 Å². The molecule has 0 amide bonds. The standard InChI is InChI=1S/C31H33FN6/c1-5-20-8-7-9-21(6-2)29(20)38-30(24-10-11-26(32)28-23(24)12-14-33-28)25-18-37(15-13-27(25)36-38)31-34-16-22(17-35-31)19(3)4/h7-12,14,16-17,19,33H,5-6,13,15,18H2,1-4H3. The number of rotatable bonds is 6. The molecule has 2 aromatic carbocycles. The summed E-state index contributed by atoms with van der Waals surface area (Å²) in [5, 5.41) is 6.10. The summed E-state index contributed by atoms with van der Waals surface area (Å²) in [6, 6.07) is 11.9. The molecule has 0 radical (unpaired) electrons. The maximum atomic E-state index is 14.7. The van der Waals surface area contributed by atoms with Crippen LogP contribution in [0.5, 0.6) is 0 Å². The van der Waals surface area contributed by atoms with Crippen LogP contribution in [0.1, 0.15) is 61.6 Å². The lowest BCUT2D eigenvalue weighted by molar-refractivity contribution is 0.637. The van der Waals surface area contributed by atoms with Gasteiger partial charge in [0.2, 0.25) is 5.95 Å². The first kappa shape index (κ1) is 24.3. The summed E-state index contributed by atoms with van der Waals surface area (Å²) < 4.78 is 16.9. The Morgan fingerprint density at radius 3 is 2.42 bits per heavy atom. The van der Waals surface area contributed by atoms with Crippen molar-refractivity contribution in [3.63, 3.8) is 0 Å². The molecule has 3 aromatic heterocycles. The summed E-state index contributed by atoms with van der Waals surface area (Å²) in [5.41, 5.74) is 9.51. The highest BCUT2D eigenvalue weighted by Gasteiger charge is 2.29. The molecule has 194 valence electrons. The highest BCUT2D eigenvalue weighted by atomic mass is 19.1. The van der Waals surface area contributed by atoms with Crippen molar-refractivity contribution >= 4 is 16.9 Å². The normalized spacial score (nSPS) is 13.5. The first-order chi connectivity index (χ1) is 18.5. The van der Waals surface area contributed by atoms with E-state index in [1.165, 1.54) is 11.1 Å². The van der Waals surface area contributed by atoms with Gasteiger partial charge < -0.3 is 9.88 Å². The van der Waals surface area contributed by atoms with Crippen LogP contribution in [-0.4, -0.2) is 31.3 Å². The molecule has 0 unspecified atom stereocenters. The number of nitrogens with zero attached hydrogens (tertiary/aromatic N) is 5. The van der Waals surface area contributed by atoms with E-state index in [0.29, 0.717) is 18.0 Å². The van der Waals surface area contributed by atoms with Gasteiger partial charge in [-0.2, -0.15) is 5.10 Å². The predicted molar refractivity (Wildman–Crippen MR) is 150 cm³/mol. The molecule has 0 atom stereocenters. The molecule has 0 saturated carbocycles. The Kier molecular flexibility index (Phi) is 6.22. The number of hydrogen-bond acceptors (Lipinski definition) is 4. The first-order valence-corrected chi connectivity index (χ1v) is 13.5. The molecule has 0 aliphatic carbocycles. The van der Waals surface area contributed by atoms with Crippen LogP contribution < -0.4 is 4.90 Å². The Bertz CT molecular complexity index is 1590. The van der Waals surface area contributed by atoms with Gasteiger partial charge in [-0.1, -0.05) is 45.9 Å². The number of fused-ring (bicyclic) bond motifs is 2. The molecule has 1 aliphatic rings. The molecular weight excluding hydrogens is 475 g/mol. The van der Waals surface area contributed by atoms with Crippen molar-refractivity contribution in [1.82, 2.24) is 24.7 Å². The molecule has 0 saturated heterocycles. The van der Waals surface area contributed by atoms with Gasteiger partial charge in [-0.15, -0.1) is 0 Å². The van der Waals surface area contributed by atoms with E-state index in [4.69, 9.17) is 15.1 Å². The van der Waals surface area contributed by atoms with E-state index in [1.807, 2.05) is 24.5 Å². The van der Waals surface area contributed by atoms with Crippen molar-refractivity contribution in [2.45, 2.75) is 59.4 Å². The molecule has 5 aromatic rings. The number of benzene rings is 2. The van der Waals surface area contributed by atoms with Gasteiger partial charge in [0.15, 0.2) is 0 Å². The Morgan fingerprint density at radius 2 is 1.74 bits per heavy atom. The fraction of sp³-hybridized carbons (Fsp3) is 0.323. The molecule has 1 N–H and O–H groups in total. The average Bonchev–Trinajstić information content (AvgIpc) is 3.58. The van der Waals surface area contributed by atoms with Gasteiger partial charge in [0.25, 0.3) is 0 Å². The second-order valence-electron chi connectivity index (χ2n) is 10.3. The van der Waals surface area contributed by atoms with Crippen molar-refractivity contribution in [3.8, 4) is 16.9 Å². The summed E-state index contributed by atoms with van der Waals surface area (Å²) in [6.45, 7) is 10.1. The van der Waals surface area contributed by atoms with Crippen molar-refractivity contribution < 1.29 is 4.39 Å². The van der Waals surface area contributed by atoms with Crippen molar-refractivity contribution in [2.24, 2.45) is 0 Å². The fourth-order valence-electron chi connectivity index (χ4n) is 5.59. The van der Waals surface area contributed by atoms with Crippen molar-refractivity contribution in [1.29, 1.82) is 0 Å². The average molecular weight is 509 g/mol. The SMILES string of the molecule is CCc1cccc(CC)c1-n1nc2c(c1-c1ccc(F)c3[nH]ccc13)CN(c1ncc(C(C)C)cn1)CC2. The molecule has 38 heavy (non-hydrogen) atoms. The van der Waals surface area contributed by atoms with Gasteiger partial charge in [0, 0.05) is 54.6 Å². The van der Waals surface area contributed by atoms with Crippen LogP contribution in [0.2, 0.25) is 0 Å². The van der Waals surface area contributed by atoms with E-state index < -0.39 is 0 Å². The molecule has 6 rings (SSSR count). The largest absolute Gasteiger partial charge is 0.359 e. The summed E-state index contributed by atoms with van der Waals surface area (Å²) in [7, 11) is 0. The van der Waals surface area contributed by atoms with Crippen LogP contribution in [0.3, 0.4) is 0 Å². The number of anilines is 1. The summed E-state index contributed by atoms with van der Waals surface area (Å²) in [6.07, 6.45) is 8.26. The molecular formula is C31H33FN6. The topological polar surface area (TPSA) is 62.6 Å². The van der Waals surface area contributed by atoms with Crippen LogP contribution in [0, 0.1) is 5.82 Å². The highest BCUT2D eigenvalue weighted by molar-refractivity contribution is 5.96. The minimum Gasteiger partial charge on any atom is -0.359 e. The number of H-pyrrole nitrogens is 1. The highest BCUT2D eigenvalue weighted by Crippen LogP contribution is 2.39. The van der Waals surface area contributed by atoms with Crippen LogP contribution in [0.4, 0.5) is 10.3 Å². The Balaban J connectivity index is 1.56. The first-order valence-electron chi connectivity index (χ1n) is 13.5. The third-order valence-electron chi connectivity index (χ3n) is 7.75. The van der Waals surface area contributed by atoms with Gasteiger partial charge in [0.05, 0.1) is 22.6 Å². The van der Waals surface area contributed by atoms with Gasteiger partial charge in [-0.05, 0) is 53.6 Å². The van der Waals surface area contributed by atoms with Crippen molar-refractivity contribution in [3.05, 3.63) is 88.8 Å². The fourth-order valence-corrected chi connectivity index (χ4v) is 5.59.